The molecule has 1 aliphatic heterocycles. The van der Waals surface area contributed by atoms with E-state index in [-0.39, 0.29) is 22.8 Å². The number of carbonyl (C=O) groups excluding carboxylic acids is 3. The molecule has 3 aliphatic carbocycles. The number of nitrogens with zero attached hydrogens (tertiary/aromatic N) is 1. The first-order valence-electron chi connectivity index (χ1n) is 14.6. The Morgan fingerprint density at radius 3 is 2.32 bits per heavy atom. The van der Waals surface area contributed by atoms with Crippen molar-refractivity contribution in [3.8, 4) is 11.5 Å². The highest BCUT2D eigenvalue weighted by Crippen LogP contribution is 2.62. The molecule has 10 N–H and O–H groups in total. The molecule has 1 aromatic rings. The molecular formula is C30H38ClN3O13. The molecule has 0 unspecified atom stereocenters. The fourth-order valence-corrected chi connectivity index (χ4v) is 8.17. The van der Waals surface area contributed by atoms with Crippen LogP contribution in [0, 0.1) is 5.92 Å². The molecule has 0 bridgehead atoms. The van der Waals surface area contributed by atoms with Crippen LogP contribution in [0.4, 0.5) is 0 Å². The van der Waals surface area contributed by atoms with Crippen molar-refractivity contribution >= 4 is 34.8 Å². The average Bonchev–Trinajstić information content (AvgIpc) is 2.97. The molecule has 17 heteroatoms. The number of phenolic OH excluding ortho intramolecular Hbond substituents is 1. The highest BCUT2D eigenvalue weighted by Gasteiger charge is 2.74. The van der Waals surface area contributed by atoms with Gasteiger partial charge in [-0.25, -0.2) is 0 Å². The predicted octanol–water partition coefficient (Wildman–Crippen LogP) is -0.336. The molecule has 16 nitrogen and oxygen atoms in total. The fourth-order valence-electron chi connectivity index (χ4n) is 7.75. The van der Waals surface area contributed by atoms with Crippen molar-refractivity contribution in [1.29, 1.82) is 0 Å². The SMILES string of the molecule is COc1cc(O)c2c(c1Cl)[C@](C)(O[C@H]1C[C@](C)(NO)[C@@H](O)[C@H](C)O1)[C@H]1C[C@@]3(O)[C@H](N(C)C)C(=O)C(C(N)=O)=C(O)[C@@]3(O)C(=O)C1=C2O. The van der Waals surface area contributed by atoms with Crippen molar-refractivity contribution in [1.82, 2.24) is 10.4 Å². The van der Waals surface area contributed by atoms with Crippen molar-refractivity contribution < 1.29 is 64.4 Å². The van der Waals surface area contributed by atoms with E-state index < -0.39 is 111 Å². The molecule has 4 aliphatic rings. The molecule has 1 saturated carbocycles. The standard InChI is InChI=1S/C30H38ClN3O13/c1-10-23(38)27(2,33-44)9-14(46-10)47-28(3)11-8-29(42)22(34(4)5)21(37)17(26(32)41)25(40)30(29,43)24(39)15(11)20(36)16-12(35)7-13(45-6)19(31)18(16)28/h7,10-11,14,22-23,33,35-36,38,40,42-44H,8-9H2,1-6H3,(H2,32,41)/t10-,11-,14-,22+,23-,27-,28+,29+,30-/m0/s1. The van der Waals surface area contributed by atoms with Crippen LogP contribution in [0.5, 0.6) is 11.5 Å². The van der Waals surface area contributed by atoms with Crippen LogP contribution in [0.25, 0.3) is 5.76 Å². The lowest BCUT2D eigenvalue weighted by molar-refractivity contribution is -0.298. The third kappa shape index (κ3) is 4.47. The van der Waals surface area contributed by atoms with E-state index in [1.165, 1.54) is 42.0 Å². The number of aliphatic hydroxyl groups excluding tert-OH is 3. The van der Waals surface area contributed by atoms with Crippen LogP contribution in [-0.2, 0) is 29.5 Å². The van der Waals surface area contributed by atoms with E-state index >= 15 is 0 Å². The number of ether oxygens (including phenoxy) is 3. The summed E-state index contributed by atoms with van der Waals surface area (Å²) >= 11 is 6.81. The first-order chi connectivity index (χ1) is 21.7. The number of primary amides is 1. The highest BCUT2D eigenvalue weighted by atomic mass is 35.5. The zero-order chi connectivity index (χ0) is 35.3. The Morgan fingerprint density at radius 1 is 1.17 bits per heavy atom. The average molecular weight is 684 g/mol. The minimum absolute atomic E-state index is 0.0766. The Bertz CT molecular complexity index is 1650. The van der Waals surface area contributed by atoms with E-state index in [0.717, 1.165) is 11.0 Å². The van der Waals surface area contributed by atoms with Crippen LogP contribution >= 0.6 is 11.6 Å². The number of methoxy groups -OCH3 is 1. The molecule has 1 saturated heterocycles. The molecule has 5 rings (SSSR count). The normalized spacial score (nSPS) is 38.7. The highest BCUT2D eigenvalue weighted by molar-refractivity contribution is 6.33. The first kappa shape index (κ1) is 35.0. The summed E-state index contributed by atoms with van der Waals surface area (Å²) in [5.74, 6) is -8.84. The van der Waals surface area contributed by atoms with E-state index in [1.54, 1.807) is 0 Å². The van der Waals surface area contributed by atoms with Gasteiger partial charge < -0.3 is 55.8 Å². The van der Waals surface area contributed by atoms with Gasteiger partial charge in [-0.15, -0.1) is 0 Å². The van der Waals surface area contributed by atoms with Crippen LogP contribution in [0.1, 0.15) is 44.7 Å². The Morgan fingerprint density at radius 2 is 1.79 bits per heavy atom. The third-order valence-corrected chi connectivity index (χ3v) is 10.5. The van der Waals surface area contributed by atoms with Crippen molar-refractivity contribution in [3.05, 3.63) is 39.1 Å². The quantitative estimate of drug-likeness (QED) is 0.137. The summed E-state index contributed by atoms with van der Waals surface area (Å²) in [6.45, 7) is 4.41. The summed E-state index contributed by atoms with van der Waals surface area (Å²) < 4.78 is 17.8. The van der Waals surface area contributed by atoms with Gasteiger partial charge in [0.05, 0.1) is 29.3 Å². The molecule has 2 fully saturated rings. The minimum Gasteiger partial charge on any atom is -0.508 e. The number of benzene rings is 1. The van der Waals surface area contributed by atoms with Gasteiger partial charge >= 0.3 is 0 Å². The second kappa shape index (κ2) is 11.1. The first-order valence-corrected chi connectivity index (χ1v) is 14.9. The van der Waals surface area contributed by atoms with Gasteiger partial charge in [-0.2, -0.15) is 5.48 Å². The summed E-state index contributed by atoms with van der Waals surface area (Å²) in [4.78, 5) is 41.6. The van der Waals surface area contributed by atoms with Crippen molar-refractivity contribution in [3.63, 3.8) is 0 Å². The van der Waals surface area contributed by atoms with Gasteiger partial charge in [-0.3, -0.25) is 19.3 Å². The van der Waals surface area contributed by atoms with Crippen molar-refractivity contribution in [2.45, 2.75) is 80.5 Å². The Hall–Kier alpha value is -3.32. The van der Waals surface area contributed by atoms with Crippen LogP contribution in [0.3, 0.4) is 0 Å². The Labute approximate surface area is 273 Å². The van der Waals surface area contributed by atoms with Gasteiger partial charge in [0.15, 0.2) is 17.8 Å². The molecule has 9 atom stereocenters. The maximum Gasteiger partial charge on any atom is 0.255 e. The van der Waals surface area contributed by atoms with Crippen LogP contribution in [0.2, 0.25) is 5.02 Å². The Kier molecular flexibility index (Phi) is 8.28. The number of nitrogens with two attached hydrogens (primary N) is 1. The minimum atomic E-state index is -3.40. The molecule has 47 heavy (non-hydrogen) atoms. The third-order valence-electron chi connectivity index (χ3n) is 10.1. The van der Waals surface area contributed by atoms with Gasteiger partial charge in [0, 0.05) is 29.5 Å². The summed E-state index contributed by atoms with van der Waals surface area (Å²) in [6, 6.07) is -0.787. The number of fused-ring (bicyclic) bond motifs is 3. The zero-order valence-electron chi connectivity index (χ0n) is 26.4. The number of Topliss-reactive ketones (excluding diaryl/α,β-unsaturated/α-hetero) is 2. The number of likely N-dealkylation sites (N-methyl/N-ethyl adjacent to an activating group) is 1. The maximum absolute atomic E-state index is 14.5. The number of rotatable bonds is 6. The topological polar surface area (TPSA) is 262 Å². The van der Waals surface area contributed by atoms with Crippen LogP contribution < -0.4 is 16.0 Å². The van der Waals surface area contributed by atoms with E-state index in [1.807, 2.05) is 0 Å². The van der Waals surface area contributed by atoms with Gasteiger partial charge in [0.25, 0.3) is 5.91 Å². The summed E-state index contributed by atoms with van der Waals surface area (Å²) in [5.41, 5.74) is -4.56. The van der Waals surface area contributed by atoms with E-state index in [2.05, 4.69) is 5.48 Å². The number of hydroxylamine groups is 1. The number of carbonyl (C=O) groups is 3. The predicted molar refractivity (Wildman–Crippen MR) is 160 cm³/mol. The monoisotopic (exact) mass is 683 g/mol. The molecular weight excluding hydrogens is 646 g/mol. The second-order valence-electron chi connectivity index (χ2n) is 13.1. The van der Waals surface area contributed by atoms with Gasteiger partial charge in [-0.1, -0.05) is 11.6 Å². The fraction of sp³-hybridized carbons (Fsp3) is 0.567. The molecule has 1 heterocycles. The van der Waals surface area contributed by atoms with Crippen LogP contribution in [0.15, 0.2) is 23.0 Å². The van der Waals surface area contributed by atoms with Crippen molar-refractivity contribution in [2.75, 3.05) is 21.2 Å². The number of phenols is 1. The molecule has 258 valence electrons. The lowest BCUT2D eigenvalue weighted by atomic mass is 9.52. The number of aliphatic hydroxyl groups is 5. The number of amides is 1. The molecule has 1 aromatic carbocycles. The number of aromatic hydroxyl groups is 1. The molecule has 0 radical (unpaired) electrons. The molecule has 1 amide bonds. The number of halogens is 1. The molecule has 0 aromatic heterocycles. The van der Waals surface area contributed by atoms with E-state index in [0.29, 0.717) is 0 Å². The van der Waals surface area contributed by atoms with Crippen molar-refractivity contribution in [2.24, 2.45) is 11.7 Å². The molecule has 0 spiro atoms. The number of ketones is 2. The lowest BCUT2D eigenvalue weighted by Gasteiger charge is -2.58. The summed E-state index contributed by atoms with van der Waals surface area (Å²) in [5, 5.41) is 78.9. The second-order valence-corrected chi connectivity index (χ2v) is 13.5. The summed E-state index contributed by atoms with van der Waals surface area (Å²) in [6.07, 6.45) is -4.48. The van der Waals surface area contributed by atoms with E-state index in [4.69, 9.17) is 31.5 Å². The lowest BCUT2D eigenvalue weighted by Crippen LogP contribution is -2.77. The summed E-state index contributed by atoms with van der Waals surface area (Å²) in [7, 11) is 3.91. The van der Waals surface area contributed by atoms with Gasteiger partial charge in [-0.05, 0) is 41.3 Å². The van der Waals surface area contributed by atoms with Gasteiger partial charge in [0.2, 0.25) is 11.4 Å². The Balaban J connectivity index is 1.83. The van der Waals surface area contributed by atoms with Gasteiger partial charge in [0.1, 0.15) is 46.2 Å². The number of nitrogens with one attached hydrogen (secondary N) is 1. The van der Waals surface area contributed by atoms with E-state index in [9.17, 15) is 50.2 Å². The maximum atomic E-state index is 14.5. The number of hydrogen-bond acceptors (Lipinski definition) is 15. The number of hydrogen-bond donors (Lipinski definition) is 9. The zero-order valence-corrected chi connectivity index (χ0v) is 27.1. The largest absolute Gasteiger partial charge is 0.508 e. The van der Waals surface area contributed by atoms with Crippen LogP contribution in [-0.4, -0.2) is 121 Å². The smallest absolute Gasteiger partial charge is 0.255 e.